The zero-order chi connectivity index (χ0) is 22.2. The largest absolute Gasteiger partial charge is 0.489 e. The van der Waals surface area contributed by atoms with Gasteiger partial charge in [-0.25, -0.2) is 4.79 Å². The van der Waals surface area contributed by atoms with Crippen LogP contribution in [0.25, 0.3) is 6.08 Å². The van der Waals surface area contributed by atoms with Crippen LogP contribution in [0, 0.1) is 11.3 Å². The van der Waals surface area contributed by atoms with Crippen molar-refractivity contribution in [3.63, 3.8) is 0 Å². The van der Waals surface area contributed by atoms with Gasteiger partial charge in [0.1, 0.15) is 24.0 Å². The summed E-state index contributed by atoms with van der Waals surface area (Å²) in [4.78, 5) is 23.4. The summed E-state index contributed by atoms with van der Waals surface area (Å²) in [6.45, 7) is 0.241. The van der Waals surface area contributed by atoms with E-state index < -0.39 is 11.9 Å². The Labute approximate surface area is 184 Å². The van der Waals surface area contributed by atoms with Crippen molar-refractivity contribution in [2.75, 3.05) is 5.32 Å². The molecule has 0 aromatic heterocycles. The van der Waals surface area contributed by atoms with Crippen molar-refractivity contribution in [2.45, 2.75) is 6.61 Å². The van der Waals surface area contributed by atoms with Crippen molar-refractivity contribution in [2.24, 2.45) is 0 Å². The van der Waals surface area contributed by atoms with Crippen LogP contribution in [0.5, 0.6) is 5.75 Å². The third kappa shape index (κ3) is 5.95. The first-order chi connectivity index (χ1) is 15.0. The van der Waals surface area contributed by atoms with Crippen LogP contribution < -0.4 is 10.1 Å². The second-order valence-corrected chi connectivity index (χ2v) is 6.87. The number of rotatable bonds is 7. The number of amides is 1. The summed E-state index contributed by atoms with van der Waals surface area (Å²) in [5.41, 5.74) is 1.96. The lowest BCUT2D eigenvalue weighted by molar-refractivity contribution is -0.112. The van der Waals surface area contributed by atoms with Crippen LogP contribution in [-0.2, 0) is 11.4 Å². The van der Waals surface area contributed by atoms with E-state index in [1.165, 1.54) is 18.2 Å². The fraction of sp³-hybridized carbons (Fsp3) is 0.0417. The Morgan fingerprint density at radius 1 is 1.06 bits per heavy atom. The lowest BCUT2D eigenvalue weighted by atomic mass is 10.1. The van der Waals surface area contributed by atoms with Gasteiger partial charge in [0.25, 0.3) is 5.91 Å². The van der Waals surface area contributed by atoms with Crippen molar-refractivity contribution >= 4 is 35.2 Å². The first kappa shape index (κ1) is 21.6. The molecule has 31 heavy (non-hydrogen) atoms. The zero-order valence-corrected chi connectivity index (χ0v) is 17.0. The number of carboxylic acids is 1. The molecule has 1 amide bonds. The summed E-state index contributed by atoms with van der Waals surface area (Å²) < 4.78 is 5.74. The van der Waals surface area contributed by atoms with E-state index in [1.54, 1.807) is 60.7 Å². The quantitative estimate of drug-likeness (QED) is 0.396. The molecule has 0 aliphatic rings. The third-order valence-electron chi connectivity index (χ3n) is 4.26. The number of hydrogen-bond donors (Lipinski definition) is 2. The van der Waals surface area contributed by atoms with E-state index in [2.05, 4.69) is 5.32 Å². The molecule has 2 N–H and O–H groups in total. The van der Waals surface area contributed by atoms with Crippen LogP contribution >= 0.6 is 11.6 Å². The Bertz CT molecular complexity index is 1180. The molecule has 0 heterocycles. The maximum atomic E-state index is 12.4. The molecule has 0 atom stereocenters. The van der Waals surface area contributed by atoms with Gasteiger partial charge >= 0.3 is 5.97 Å². The van der Waals surface area contributed by atoms with E-state index >= 15 is 0 Å². The number of ether oxygens (including phenoxy) is 1. The number of hydrogen-bond acceptors (Lipinski definition) is 4. The van der Waals surface area contributed by atoms with E-state index in [0.29, 0.717) is 22.0 Å². The minimum Gasteiger partial charge on any atom is -0.489 e. The first-order valence-corrected chi connectivity index (χ1v) is 9.57. The standard InChI is InChI=1S/C24H17ClN2O4/c25-21-6-1-2-7-22(21)27-23(28)19(14-26)12-17-4-3-5-20(13-17)31-15-16-8-10-18(11-9-16)24(29)30/h1-13H,15H2,(H,27,28)(H,29,30)/b19-12-. The molecule has 0 aliphatic heterocycles. The van der Waals surface area contributed by atoms with Gasteiger partial charge in [-0.2, -0.15) is 5.26 Å². The van der Waals surface area contributed by atoms with Crippen molar-refractivity contribution < 1.29 is 19.4 Å². The predicted molar refractivity (Wildman–Crippen MR) is 118 cm³/mol. The molecule has 0 saturated carbocycles. The summed E-state index contributed by atoms with van der Waals surface area (Å²) in [5, 5.41) is 21.3. The summed E-state index contributed by atoms with van der Waals surface area (Å²) in [6.07, 6.45) is 1.46. The monoisotopic (exact) mass is 432 g/mol. The minimum atomic E-state index is -0.987. The van der Waals surface area contributed by atoms with Crippen molar-refractivity contribution in [1.82, 2.24) is 0 Å². The molecular formula is C24H17ClN2O4. The first-order valence-electron chi connectivity index (χ1n) is 9.19. The molecule has 154 valence electrons. The van der Waals surface area contributed by atoms with Crippen LogP contribution in [0.2, 0.25) is 5.02 Å². The Balaban J connectivity index is 1.69. The van der Waals surface area contributed by atoms with Crippen molar-refractivity contribution in [1.29, 1.82) is 5.26 Å². The molecule has 6 nitrogen and oxygen atoms in total. The number of nitrogens with one attached hydrogen (secondary N) is 1. The maximum Gasteiger partial charge on any atom is 0.335 e. The number of aromatic carboxylic acids is 1. The normalized spacial score (nSPS) is 10.8. The van der Waals surface area contributed by atoms with Gasteiger partial charge in [0.05, 0.1) is 16.3 Å². The number of carboxylic acid groups (broad SMARTS) is 1. The molecule has 3 aromatic carbocycles. The van der Waals surface area contributed by atoms with E-state index in [1.807, 2.05) is 6.07 Å². The molecule has 0 radical (unpaired) electrons. The van der Waals surface area contributed by atoms with Crippen LogP contribution in [0.4, 0.5) is 5.69 Å². The van der Waals surface area contributed by atoms with Crippen LogP contribution in [0.15, 0.2) is 78.4 Å². The van der Waals surface area contributed by atoms with Gasteiger partial charge in [0.2, 0.25) is 0 Å². The maximum absolute atomic E-state index is 12.4. The fourth-order valence-corrected chi connectivity index (χ4v) is 2.85. The highest BCUT2D eigenvalue weighted by Crippen LogP contribution is 2.22. The Kier molecular flexibility index (Phi) is 7.05. The average Bonchev–Trinajstić information content (AvgIpc) is 2.78. The number of carbonyl (C=O) groups excluding carboxylic acids is 1. The molecule has 0 bridgehead atoms. The molecule has 0 fully saturated rings. The van der Waals surface area contributed by atoms with Gasteiger partial charge in [-0.05, 0) is 53.6 Å². The summed E-state index contributed by atoms with van der Waals surface area (Å²) in [7, 11) is 0. The Morgan fingerprint density at radius 2 is 1.81 bits per heavy atom. The molecule has 0 unspecified atom stereocenters. The third-order valence-corrected chi connectivity index (χ3v) is 4.59. The highest BCUT2D eigenvalue weighted by molar-refractivity contribution is 6.34. The fourth-order valence-electron chi connectivity index (χ4n) is 2.67. The second kappa shape index (κ2) is 10.1. The molecule has 0 spiro atoms. The highest BCUT2D eigenvalue weighted by Gasteiger charge is 2.11. The van der Waals surface area contributed by atoms with Gasteiger partial charge in [-0.1, -0.05) is 48.0 Å². The molecule has 3 aromatic rings. The number of benzene rings is 3. The highest BCUT2D eigenvalue weighted by atomic mass is 35.5. The van der Waals surface area contributed by atoms with Gasteiger partial charge in [-0.15, -0.1) is 0 Å². The number of carbonyl (C=O) groups is 2. The Morgan fingerprint density at radius 3 is 2.48 bits per heavy atom. The lowest BCUT2D eigenvalue weighted by Crippen LogP contribution is -2.13. The lowest BCUT2D eigenvalue weighted by Gasteiger charge is -2.08. The zero-order valence-electron chi connectivity index (χ0n) is 16.2. The van der Waals surface area contributed by atoms with Gasteiger partial charge < -0.3 is 15.2 Å². The number of nitrogens with zero attached hydrogens (tertiary/aromatic N) is 1. The van der Waals surface area contributed by atoms with E-state index in [0.717, 1.165) is 5.56 Å². The van der Waals surface area contributed by atoms with E-state index in [4.69, 9.17) is 21.4 Å². The number of para-hydroxylation sites is 1. The smallest absolute Gasteiger partial charge is 0.335 e. The predicted octanol–water partition coefficient (Wildman–Crippen LogP) is 5.16. The Hall–Kier alpha value is -4.08. The van der Waals surface area contributed by atoms with Gasteiger partial charge in [0, 0.05) is 0 Å². The van der Waals surface area contributed by atoms with Gasteiger partial charge in [0.15, 0.2) is 0 Å². The van der Waals surface area contributed by atoms with Crippen LogP contribution in [-0.4, -0.2) is 17.0 Å². The molecule has 7 heteroatoms. The summed E-state index contributed by atoms with van der Waals surface area (Å²) >= 11 is 6.04. The number of nitriles is 1. The van der Waals surface area contributed by atoms with Crippen molar-refractivity contribution in [3.8, 4) is 11.8 Å². The average molecular weight is 433 g/mol. The molecule has 3 rings (SSSR count). The molecular weight excluding hydrogens is 416 g/mol. The number of halogens is 1. The summed E-state index contributed by atoms with van der Waals surface area (Å²) in [5.74, 6) is -1.01. The molecule has 0 saturated heterocycles. The van der Waals surface area contributed by atoms with Gasteiger partial charge in [-0.3, -0.25) is 4.79 Å². The van der Waals surface area contributed by atoms with Crippen LogP contribution in [0.1, 0.15) is 21.5 Å². The summed E-state index contributed by atoms with van der Waals surface area (Å²) in [6, 6.07) is 22.0. The van der Waals surface area contributed by atoms with E-state index in [-0.39, 0.29) is 17.7 Å². The van der Waals surface area contributed by atoms with Crippen molar-refractivity contribution in [3.05, 3.63) is 100 Å². The topological polar surface area (TPSA) is 99.4 Å². The number of anilines is 1. The SMILES string of the molecule is N#C/C(=C/c1cccc(OCc2ccc(C(=O)O)cc2)c1)C(=O)Nc1ccccc1Cl. The van der Waals surface area contributed by atoms with E-state index in [9.17, 15) is 14.9 Å². The van der Waals surface area contributed by atoms with Crippen LogP contribution in [0.3, 0.4) is 0 Å². The second-order valence-electron chi connectivity index (χ2n) is 6.47. The minimum absolute atomic E-state index is 0.0821. The molecule has 0 aliphatic carbocycles.